The molecule has 0 N–H and O–H groups in total. The molecule has 2 fully saturated rings. The van der Waals surface area contributed by atoms with E-state index >= 15 is 0 Å². The molecular formula is C18H21N7O. The van der Waals surface area contributed by atoms with E-state index in [0.29, 0.717) is 36.8 Å². The lowest BCUT2D eigenvalue weighted by atomic mass is 10.1. The van der Waals surface area contributed by atoms with Crippen molar-refractivity contribution in [3.05, 3.63) is 24.2 Å². The van der Waals surface area contributed by atoms with Crippen LogP contribution >= 0.6 is 0 Å². The van der Waals surface area contributed by atoms with Crippen molar-refractivity contribution < 1.29 is 4.79 Å². The Morgan fingerprint density at radius 2 is 2.12 bits per heavy atom. The van der Waals surface area contributed by atoms with Gasteiger partial charge >= 0.3 is 0 Å². The molecule has 1 amide bonds. The lowest BCUT2D eigenvalue weighted by Crippen LogP contribution is -2.54. The van der Waals surface area contributed by atoms with Gasteiger partial charge in [-0.25, -0.2) is 9.97 Å². The fourth-order valence-electron chi connectivity index (χ4n) is 3.41. The van der Waals surface area contributed by atoms with Crippen molar-refractivity contribution in [3.8, 4) is 17.5 Å². The molecule has 2 aromatic heterocycles. The molecular weight excluding hydrogens is 330 g/mol. The zero-order chi connectivity index (χ0) is 18.3. The maximum absolute atomic E-state index is 12.4. The highest BCUT2D eigenvalue weighted by molar-refractivity contribution is 5.81. The molecule has 1 saturated heterocycles. The van der Waals surface area contributed by atoms with Crippen LogP contribution in [0.2, 0.25) is 0 Å². The Balaban J connectivity index is 1.58. The molecule has 4 rings (SSSR count). The Morgan fingerprint density at radius 1 is 1.31 bits per heavy atom. The average molecular weight is 351 g/mol. The molecule has 1 saturated carbocycles. The Hall–Kier alpha value is -2.95. The van der Waals surface area contributed by atoms with Gasteiger partial charge in [-0.05, 0) is 19.8 Å². The number of nitriles is 1. The fraction of sp³-hybridized carbons (Fsp3) is 0.500. The number of hydrogen-bond acceptors (Lipinski definition) is 6. The summed E-state index contributed by atoms with van der Waals surface area (Å²) in [5.74, 6) is 1.69. The molecule has 26 heavy (non-hydrogen) atoms. The Kier molecular flexibility index (Phi) is 4.07. The quantitative estimate of drug-likeness (QED) is 0.825. The molecule has 0 aromatic carbocycles. The van der Waals surface area contributed by atoms with E-state index in [2.05, 4.69) is 33.0 Å². The van der Waals surface area contributed by atoms with E-state index in [9.17, 15) is 10.1 Å². The Morgan fingerprint density at radius 3 is 2.73 bits per heavy atom. The van der Waals surface area contributed by atoms with Gasteiger partial charge in [0.2, 0.25) is 5.91 Å². The van der Waals surface area contributed by atoms with Gasteiger partial charge in [0.25, 0.3) is 0 Å². The topological polar surface area (TPSA) is 90.9 Å². The van der Waals surface area contributed by atoms with Gasteiger partial charge in [-0.15, -0.1) is 0 Å². The summed E-state index contributed by atoms with van der Waals surface area (Å²) in [6, 6.07) is 2.28. The van der Waals surface area contributed by atoms with Crippen molar-refractivity contribution >= 4 is 11.7 Å². The van der Waals surface area contributed by atoms with Gasteiger partial charge in [0.05, 0.1) is 18.0 Å². The third kappa shape index (κ3) is 3.01. The van der Waals surface area contributed by atoms with E-state index in [0.717, 1.165) is 18.4 Å². The summed E-state index contributed by atoms with van der Waals surface area (Å²) in [6.45, 7) is 4.05. The van der Waals surface area contributed by atoms with Crippen LogP contribution in [0, 0.1) is 17.2 Å². The SMILES string of the molecule is C[C@@H]1CN(c2nc(-c3cnn(C)c3)ncc2C#N)CCN1C(=O)C1CC1. The Bertz CT molecular complexity index is 880. The first-order valence-electron chi connectivity index (χ1n) is 8.88. The van der Waals surface area contributed by atoms with Crippen molar-refractivity contribution in [2.45, 2.75) is 25.8 Å². The molecule has 2 aromatic rings. The highest BCUT2D eigenvalue weighted by Crippen LogP contribution is 2.33. The third-order valence-electron chi connectivity index (χ3n) is 4.99. The van der Waals surface area contributed by atoms with Crippen LogP contribution < -0.4 is 4.90 Å². The second-order valence-electron chi connectivity index (χ2n) is 7.05. The van der Waals surface area contributed by atoms with E-state index in [1.165, 1.54) is 0 Å². The first kappa shape index (κ1) is 16.5. The van der Waals surface area contributed by atoms with Crippen molar-refractivity contribution in [1.82, 2.24) is 24.6 Å². The fourth-order valence-corrected chi connectivity index (χ4v) is 3.41. The standard InChI is InChI=1S/C18H21N7O/c1-12-10-24(5-6-25(12)18(26)13-3-4-13)17-14(7-19)8-20-16(22-17)15-9-21-23(2)11-15/h8-9,11-13H,3-6,10H2,1-2H3/t12-/m1/s1. The number of anilines is 1. The van der Waals surface area contributed by atoms with Crippen LogP contribution in [-0.2, 0) is 11.8 Å². The van der Waals surface area contributed by atoms with Crippen LogP contribution in [-0.4, -0.2) is 56.2 Å². The number of aryl methyl sites for hydroxylation is 1. The van der Waals surface area contributed by atoms with Crippen LogP contribution in [0.1, 0.15) is 25.3 Å². The summed E-state index contributed by atoms with van der Waals surface area (Å²) >= 11 is 0. The highest BCUT2D eigenvalue weighted by atomic mass is 16.2. The molecule has 8 heteroatoms. The van der Waals surface area contributed by atoms with Gasteiger partial charge in [-0.1, -0.05) is 0 Å². The van der Waals surface area contributed by atoms with Gasteiger partial charge in [0.15, 0.2) is 11.6 Å². The number of carbonyl (C=O) groups is 1. The minimum Gasteiger partial charge on any atom is -0.352 e. The minimum atomic E-state index is 0.0974. The Labute approximate surface area is 152 Å². The first-order chi connectivity index (χ1) is 12.6. The first-order valence-corrected chi connectivity index (χ1v) is 8.88. The molecule has 2 aliphatic rings. The zero-order valence-electron chi connectivity index (χ0n) is 15.0. The van der Waals surface area contributed by atoms with Crippen LogP contribution in [0.15, 0.2) is 18.6 Å². The zero-order valence-corrected chi connectivity index (χ0v) is 15.0. The summed E-state index contributed by atoms with van der Waals surface area (Å²) in [5, 5.41) is 13.6. The van der Waals surface area contributed by atoms with E-state index < -0.39 is 0 Å². The minimum absolute atomic E-state index is 0.0974. The number of piperazine rings is 1. The molecule has 3 heterocycles. The summed E-state index contributed by atoms with van der Waals surface area (Å²) in [6.07, 6.45) is 7.16. The predicted octanol–water partition coefficient (Wildman–Crippen LogP) is 1.20. The summed E-state index contributed by atoms with van der Waals surface area (Å²) < 4.78 is 1.70. The highest BCUT2D eigenvalue weighted by Gasteiger charge is 2.37. The number of aromatic nitrogens is 4. The molecule has 1 aliphatic heterocycles. The van der Waals surface area contributed by atoms with Crippen molar-refractivity contribution in [2.75, 3.05) is 24.5 Å². The van der Waals surface area contributed by atoms with Gasteiger partial charge < -0.3 is 9.80 Å². The van der Waals surface area contributed by atoms with Crippen LogP contribution in [0.3, 0.4) is 0 Å². The summed E-state index contributed by atoms with van der Waals surface area (Å²) in [5.41, 5.74) is 1.26. The second kappa shape index (κ2) is 6.41. The van der Waals surface area contributed by atoms with Crippen LogP contribution in [0.5, 0.6) is 0 Å². The lowest BCUT2D eigenvalue weighted by molar-refractivity contribution is -0.134. The normalized spacial score (nSPS) is 20.1. The average Bonchev–Trinajstić information content (AvgIpc) is 3.41. The third-order valence-corrected chi connectivity index (χ3v) is 4.99. The van der Waals surface area contributed by atoms with E-state index in [1.807, 2.05) is 18.1 Å². The molecule has 0 unspecified atom stereocenters. The second-order valence-corrected chi connectivity index (χ2v) is 7.05. The number of amides is 1. The number of rotatable bonds is 3. The smallest absolute Gasteiger partial charge is 0.226 e. The molecule has 0 bridgehead atoms. The lowest BCUT2D eigenvalue weighted by Gasteiger charge is -2.40. The van der Waals surface area contributed by atoms with E-state index in [4.69, 9.17) is 0 Å². The van der Waals surface area contributed by atoms with Gasteiger partial charge in [0, 0.05) is 44.8 Å². The molecule has 8 nitrogen and oxygen atoms in total. The molecule has 0 radical (unpaired) electrons. The summed E-state index contributed by atoms with van der Waals surface area (Å²) in [4.78, 5) is 25.4. The number of hydrogen-bond donors (Lipinski definition) is 0. The van der Waals surface area contributed by atoms with Crippen molar-refractivity contribution in [3.63, 3.8) is 0 Å². The number of carbonyl (C=O) groups excluding carboxylic acids is 1. The monoisotopic (exact) mass is 351 g/mol. The number of nitrogens with zero attached hydrogens (tertiary/aromatic N) is 7. The van der Waals surface area contributed by atoms with Crippen molar-refractivity contribution in [1.29, 1.82) is 5.26 Å². The van der Waals surface area contributed by atoms with Crippen LogP contribution in [0.4, 0.5) is 5.82 Å². The van der Waals surface area contributed by atoms with Gasteiger partial charge in [-0.3, -0.25) is 9.48 Å². The summed E-state index contributed by atoms with van der Waals surface area (Å²) in [7, 11) is 1.84. The molecule has 134 valence electrons. The maximum Gasteiger partial charge on any atom is 0.226 e. The molecule has 0 spiro atoms. The molecule has 1 atom stereocenters. The largest absolute Gasteiger partial charge is 0.352 e. The van der Waals surface area contributed by atoms with Gasteiger partial charge in [-0.2, -0.15) is 10.4 Å². The van der Waals surface area contributed by atoms with E-state index in [1.54, 1.807) is 17.1 Å². The van der Waals surface area contributed by atoms with Crippen LogP contribution in [0.25, 0.3) is 11.4 Å². The molecule has 1 aliphatic carbocycles. The van der Waals surface area contributed by atoms with Gasteiger partial charge in [0.1, 0.15) is 11.6 Å². The maximum atomic E-state index is 12.4. The van der Waals surface area contributed by atoms with E-state index in [-0.39, 0.29) is 17.9 Å². The van der Waals surface area contributed by atoms with Crippen molar-refractivity contribution in [2.24, 2.45) is 13.0 Å². The predicted molar refractivity (Wildman–Crippen MR) is 95.1 cm³/mol.